The van der Waals surface area contributed by atoms with Crippen molar-refractivity contribution in [1.29, 1.82) is 0 Å². The van der Waals surface area contributed by atoms with Crippen molar-refractivity contribution in [3.63, 3.8) is 0 Å². The predicted molar refractivity (Wildman–Crippen MR) is 94.1 cm³/mol. The Morgan fingerprint density at radius 2 is 2.14 bits per heavy atom. The van der Waals surface area contributed by atoms with Gasteiger partial charge >= 0.3 is 0 Å². The Bertz CT molecular complexity index is 574. The van der Waals surface area contributed by atoms with E-state index in [1.165, 1.54) is 42.2 Å². The Hall–Kier alpha value is -0.860. The molecule has 1 aromatic heterocycles. The molecule has 1 nitrogen and oxygen atoms in total. The highest BCUT2D eigenvalue weighted by molar-refractivity contribution is 7.17. The average molecular weight is 301 g/mol. The van der Waals surface area contributed by atoms with Crippen molar-refractivity contribution in [1.82, 2.24) is 5.32 Å². The number of benzene rings is 1. The molecule has 0 aliphatic heterocycles. The highest BCUT2D eigenvalue weighted by Gasteiger charge is 2.30. The maximum Gasteiger partial charge on any atom is 0.0345 e. The van der Waals surface area contributed by atoms with E-state index < -0.39 is 0 Å². The Morgan fingerprint density at radius 1 is 1.29 bits per heavy atom. The summed E-state index contributed by atoms with van der Waals surface area (Å²) >= 11 is 1.90. The smallest absolute Gasteiger partial charge is 0.0345 e. The van der Waals surface area contributed by atoms with Gasteiger partial charge in [0.25, 0.3) is 0 Å². The fraction of sp³-hybridized carbons (Fsp3) is 0.579. The second-order valence-corrected chi connectivity index (χ2v) is 7.51. The average Bonchev–Trinajstić information content (AvgIpc) is 3.10. The van der Waals surface area contributed by atoms with Crippen LogP contribution in [0.15, 0.2) is 29.6 Å². The van der Waals surface area contributed by atoms with Gasteiger partial charge in [-0.15, -0.1) is 11.3 Å². The van der Waals surface area contributed by atoms with E-state index >= 15 is 0 Å². The van der Waals surface area contributed by atoms with E-state index in [0.29, 0.717) is 6.04 Å². The molecule has 1 N–H and O–H groups in total. The molecule has 3 unspecified atom stereocenters. The quantitative estimate of drug-likeness (QED) is 0.768. The summed E-state index contributed by atoms with van der Waals surface area (Å²) in [5, 5.41) is 7.70. The van der Waals surface area contributed by atoms with Crippen molar-refractivity contribution in [3.8, 4) is 0 Å². The van der Waals surface area contributed by atoms with Crippen LogP contribution in [0.1, 0.15) is 45.1 Å². The lowest BCUT2D eigenvalue weighted by Crippen LogP contribution is -2.39. The lowest BCUT2D eigenvalue weighted by Gasteiger charge is -2.28. The van der Waals surface area contributed by atoms with E-state index in [9.17, 15) is 0 Å². The molecule has 0 saturated heterocycles. The number of hydrogen-bond acceptors (Lipinski definition) is 2. The summed E-state index contributed by atoms with van der Waals surface area (Å²) in [7, 11) is 0. The Morgan fingerprint density at radius 3 is 2.90 bits per heavy atom. The molecule has 0 radical (unpaired) electrons. The monoisotopic (exact) mass is 301 g/mol. The third kappa shape index (κ3) is 3.32. The second-order valence-electron chi connectivity index (χ2n) is 6.59. The van der Waals surface area contributed by atoms with Gasteiger partial charge in [-0.25, -0.2) is 0 Å². The Balaban J connectivity index is 1.80. The predicted octanol–water partition coefficient (Wildman–Crippen LogP) is 5.25. The van der Waals surface area contributed by atoms with Gasteiger partial charge in [-0.1, -0.05) is 44.9 Å². The van der Waals surface area contributed by atoms with Gasteiger partial charge in [-0.3, -0.25) is 0 Å². The minimum atomic E-state index is 0.653. The molecule has 1 heterocycles. The topological polar surface area (TPSA) is 12.0 Å². The van der Waals surface area contributed by atoms with E-state index in [1.807, 2.05) is 11.3 Å². The second kappa shape index (κ2) is 6.93. The van der Waals surface area contributed by atoms with Gasteiger partial charge in [0.05, 0.1) is 0 Å². The van der Waals surface area contributed by atoms with Crippen LogP contribution in [0.5, 0.6) is 0 Å². The molecular weight excluding hydrogens is 274 g/mol. The van der Waals surface area contributed by atoms with E-state index in [2.05, 4.69) is 48.8 Å². The van der Waals surface area contributed by atoms with Crippen LogP contribution in [0.3, 0.4) is 0 Å². The molecule has 0 spiro atoms. The molecule has 1 saturated carbocycles. The summed E-state index contributed by atoms with van der Waals surface area (Å²) in [5.41, 5.74) is 1.54. The molecule has 1 fully saturated rings. The summed E-state index contributed by atoms with van der Waals surface area (Å²) in [6.07, 6.45) is 6.66. The van der Waals surface area contributed by atoms with Crippen LogP contribution >= 0.6 is 11.3 Å². The first-order valence-corrected chi connectivity index (χ1v) is 9.36. The van der Waals surface area contributed by atoms with Crippen molar-refractivity contribution >= 4 is 21.4 Å². The van der Waals surface area contributed by atoms with Crippen molar-refractivity contribution in [3.05, 3.63) is 35.2 Å². The van der Waals surface area contributed by atoms with Crippen molar-refractivity contribution in [2.24, 2.45) is 11.8 Å². The highest BCUT2D eigenvalue weighted by atomic mass is 32.1. The molecule has 21 heavy (non-hydrogen) atoms. The molecule has 114 valence electrons. The van der Waals surface area contributed by atoms with Gasteiger partial charge in [0.2, 0.25) is 0 Å². The fourth-order valence-corrected chi connectivity index (χ4v) is 4.88. The molecule has 3 atom stereocenters. The van der Waals surface area contributed by atoms with E-state index in [0.717, 1.165) is 18.4 Å². The number of nitrogens with one attached hydrogen (secondary N) is 1. The number of fused-ring (bicyclic) bond motifs is 1. The van der Waals surface area contributed by atoms with Gasteiger partial charge < -0.3 is 5.32 Å². The molecule has 2 aromatic rings. The first-order valence-electron chi connectivity index (χ1n) is 8.48. The molecule has 3 rings (SSSR count). The van der Waals surface area contributed by atoms with Crippen molar-refractivity contribution in [2.45, 2.75) is 52.0 Å². The van der Waals surface area contributed by atoms with Crippen LogP contribution in [0.4, 0.5) is 0 Å². The normalized spacial score (nSPS) is 23.7. The van der Waals surface area contributed by atoms with Crippen LogP contribution in [-0.4, -0.2) is 12.6 Å². The standard InChI is InChI=1S/C19H27NS/c1-3-11-20-18(16-9-6-7-14(16)2)12-15-13-21-19-10-5-4-8-17(15)19/h4-5,8,10,13-14,16,18,20H,3,6-7,9,11-12H2,1-2H3. The summed E-state index contributed by atoms with van der Waals surface area (Å²) in [6.45, 7) is 5.86. The molecule has 1 aromatic carbocycles. The lowest BCUT2D eigenvalue weighted by molar-refractivity contribution is 0.296. The highest BCUT2D eigenvalue weighted by Crippen LogP contribution is 2.36. The number of rotatable bonds is 6. The molecule has 0 amide bonds. The molecule has 0 bridgehead atoms. The van der Waals surface area contributed by atoms with Crippen LogP contribution in [-0.2, 0) is 6.42 Å². The zero-order valence-electron chi connectivity index (χ0n) is 13.3. The van der Waals surface area contributed by atoms with Crippen molar-refractivity contribution in [2.75, 3.05) is 6.54 Å². The molecule has 1 aliphatic carbocycles. The van der Waals surface area contributed by atoms with Crippen molar-refractivity contribution < 1.29 is 0 Å². The first-order chi connectivity index (χ1) is 10.3. The zero-order valence-corrected chi connectivity index (χ0v) is 14.1. The summed E-state index contributed by atoms with van der Waals surface area (Å²) in [4.78, 5) is 0. The van der Waals surface area contributed by atoms with Crippen LogP contribution in [0.25, 0.3) is 10.1 Å². The third-order valence-corrected chi connectivity index (χ3v) is 6.11. The maximum absolute atomic E-state index is 3.85. The van der Waals surface area contributed by atoms with Gasteiger partial charge in [-0.2, -0.15) is 0 Å². The fourth-order valence-electron chi connectivity index (χ4n) is 3.90. The van der Waals surface area contributed by atoms with Crippen LogP contribution < -0.4 is 5.32 Å². The number of thiophene rings is 1. The van der Waals surface area contributed by atoms with Gasteiger partial charge in [0.1, 0.15) is 0 Å². The van der Waals surface area contributed by atoms with E-state index in [-0.39, 0.29) is 0 Å². The number of hydrogen-bond donors (Lipinski definition) is 1. The maximum atomic E-state index is 3.85. The largest absolute Gasteiger partial charge is 0.313 e. The molecule has 1 aliphatic rings. The van der Waals surface area contributed by atoms with Crippen LogP contribution in [0.2, 0.25) is 0 Å². The summed E-state index contributed by atoms with van der Waals surface area (Å²) < 4.78 is 1.43. The minimum Gasteiger partial charge on any atom is -0.313 e. The van der Waals surface area contributed by atoms with E-state index in [4.69, 9.17) is 0 Å². The third-order valence-electron chi connectivity index (χ3n) is 5.10. The van der Waals surface area contributed by atoms with Gasteiger partial charge in [0, 0.05) is 10.7 Å². The molecule has 2 heteroatoms. The van der Waals surface area contributed by atoms with Gasteiger partial charge in [0.15, 0.2) is 0 Å². The lowest BCUT2D eigenvalue weighted by atomic mass is 9.86. The van der Waals surface area contributed by atoms with Gasteiger partial charge in [-0.05, 0) is 60.0 Å². The first kappa shape index (κ1) is 15.1. The van der Waals surface area contributed by atoms with E-state index in [1.54, 1.807) is 5.56 Å². The summed E-state index contributed by atoms with van der Waals surface area (Å²) in [5.74, 6) is 1.74. The summed E-state index contributed by atoms with van der Waals surface area (Å²) in [6, 6.07) is 9.51. The Labute approximate surface area is 132 Å². The SMILES string of the molecule is CCCNC(Cc1csc2ccccc12)C1CCCC1C. The zero-order chi connectivity index (χ0) is 14.7. The van der Waals surface area contributed by atoms with Crippen LogP contribution in [0, 0.1) is 11.8 Å². The minimum absolute atomic E-state index is 0.653. The Kier molecular flexibility index (Phi) is 4.97. The molecular formula is C19H27NS.